The zero-order chi connectivity index (χ0) is 48.6. The van der Waals surface area contributed by atoms with Gasteiger partial charge in [-0.1, -0.05) is 104 Å². The zero-order valence-corrected chi connectivity index (χ0v) is 40.6. The highest BCUT2D eigenvalue weighted by molar-refractivity contribution is 7.86. The van der Waals surface area contributed by atoms with Gasteiger partial charge in [0.1, 0.15) is 24.7 Å². The predicted octanol–water partition coefficient (Wildman–Crippen LogP) is 10.9. The summed E-state index contributed by atoms with van der Waals surface area (Å²) in [6, 6.07) is 24.5. The Morgan fingerprint density at radius 2 is 0.788 bits per heavy atom. The van der Waals surface area contributed by atoms with Crippen LogP contribution in [0, 0.1) is 11.8 Å². The monoisotopic (exact) mass is 942 g/mol. The van der Waals surface area contributed by atoms with Crippen LogP contribution in [0.25, 0.3) is 12.2 Å². The maximum Gasteiger partial charge on any atom is 0.294 e. The summed E-state index contributed by atoms with van der Waals surface area (Å²) in [5.74, 6) is 2.40. The number of hydrogen-bond acceptors (Lipinski definition) is 10. The topological polar surface area (TPSA) is 193 Å². The smallest absolute Gasteiger partial charge is 0.294 e. The van der Waals surface area contributed by atoms with E-state index in [0.717, 1.165) is 23.0 Å². The summed E-state index contributed by atoms with van der Waals surface area (Å²) >= 11 is 0. The quantitative estimate of drug-likeness (QED) is 0.0584. The average Bonchev–Trinajstić information content (AvgIpc) is 3.75. The molecule has 2 N–H and O–H groups in total. The molecule has 0 unspecified atom stereocenters. The number of rotatable bonds is 17. The van der Waals surface area contributed by atoms with Gasteiger partial charge in [0.15, 0.2) is 0 Å². The molecule has 4 aromatic carbocycles. The molecule has 354 valence electrons. The second kappa shape index (κ2) is 24.5. The van der Waals surface area contributed by atoms with Gasteiger partial charge >= 0.3 is 0 Å². The van der Waals surface area contributed by atoms with E-state index < -0.39 is 20.2 Å². The molecule has 0 bridgehead atoms. The van der Waals surface area contributed by atoms with Crippen LogP contribution in [-0.4, -0.2) is 62.4 Å². The number of carbonyl (C=O) groups is 2. The lowest BCUT2D eigenvalue weighted by Crippen LogP contribution is -2.21. The normalized spacial score (nSPS) is 15.2. The van der Waals surface area contributed by atoms with Gasteiger partial charge in [-0.2, -0.15) is 37.1 Å². The van der Waals surface area contributed by atoms with E-state index in [0.29, 0.717) is 45.4 Å². The summed E-state index contributed by atoms with van der Waals surface area (Å²) in [7, 11) is -8.72. The second-order valence-corrected chi connectivity index (χ2v) is 18.5. The Balaban J connectivity index is 0.000000590. The Labute approximate surface area is 390 Å². The van der Waals surface area contributed by atoms with Crippen LogP contribution in [0.15, 0.2) is 128 Å². The third-order valence-corrected chi connectivity index (χ3v) is 13.1. The third kappa shape index (κ3) is 14.8. The fourth-order valence-corrected chi connectivity index (χ4v) is 7.90. The van der Waals surface area contributed by atoms with Gasteiger partial charge in [-0.05, 0) is 122 Å². The van der Waals surface area contributed by atoms with E-state index in [1.807, 2.05) is 0 Å². The van der Waals surface area contributed by atoms with E-state index in [4.69, 9.17) is 9.47 Å². The first-order valence-corrected chi connectivity index (χ1v) is 25.1. The Kier molecular flexibility index (Phi) is 19.6. The van der Waals surface area contributed by atoms with Crippen molar-refractivity contribution in [1.82, 2.24) is 0 Å². The van der Waals surface area contributed by atoms with Crippen molar-refractivity contribution >= 4 is 67.0 Å². The van der Waals surface area contributed by atoms with Crippen LogP contribution >= 0.6 is 0 Å². The first-order chi connectivity index (χ1) is 31.4. The Morgan fingerprint density at radius 1 is 0.500 bits per heavy atom. The van der Waals surface area contributed by atoms with E-state index in [9.17, 15) is 35.5 Å². The number of anilines is 2. The van der Waals surface area contributed by atoms with Crippen molar-refractivity contribution in [2.45, 2.75) is 104 Å². The molecule has 0 saturated carbocycles. The summed E-state index contributed by atoms with van der Waals surface area (Å²) in [5.41, 5.74) is 3.89. The molecular weight excluding hydrogens is 881 g/mol. The van der Waals surface area contributed by atoms with Crippen molar-refractivity contribution in [3.63, 3.8) is 0 Å². The number of ether oxygens (including phenoxy) is 2. The second-order valence-electron chi connectivity index (χ2n) is 15.7. The summed E-state index contributed by atoms with van der Waals surface area (Å²) in [6.45, 7) is 17.5. The maximum absolute atomic E-state index is 13.1. The molecule has 2 heterocycles. The highest BCUT2D eigenvalue weighted by atomic mass is 32.2. The number of nitrogens with zero attached hydrogens (tertiary/aromatic N) is 4. The van der Waals surface area contributed by atoms with Gasteiger partial charge in [-0.15, -0.1) is 0 Å². The third-order valence-electron chi connectivity index (χ3n) is 11.4. The van der Waals surface area contributed by atoms with Crippen LogP contribution in [0.2, 0.25) is 0 Å². The molecular formula is C50H62N4O10S2. The van der Waals surface area contributed by atoms with Crippen molar-refractivity contribution in [3.8, 4) is 11.5 Å². The SMILES string of the molecule is CC1=NN(c2ccc(S(=O)(=O)O)cc2)C(=O)C1=Cc1ccc(OCCOc2ccc(/C=C3\C(=O)N(c4ccc(S(=O)(=O)O)cc4)N=C3C)cc2)cc1.CCC(CC)CC.CCC(CC)CC. The average molecular weight is 943 g/mol. The lowest BCUT2D eigenvalue weighted by atomic mass is 10.0. The number of hydrogen-bond donors (Lipinski definition) is 2. The van der Waals surface area contributed by atoms with Gasteiger partial charge in [-0.3, -0.25) is 18.7 Å². The van der Waals surface area contributed by atoms with Crippen molar-refractivity contribution in [1.29, 1.82) is 0 Å². The predicted molar refractivity (Wildman–Crippen MR) is 262 cm³/mol. The largest absolute Gasteiger partial charge is 0.490 e. The van der Waals surface area contributed by atoms with Gasteiger partial charge in [-0.25, -0.2) is 0 Å². The lowest BCUT2D eigenvalue weighted by Gasteiger charge is -2.12. The summed E-state index contributed by atoms with van der Waals surface area (Å²) < 4.78 is 75.3. The van der Waals surface area contributed by atoms with Crippen molar-refractivity contribution in [2.24, 2.45) is 22.0 Å². The first-order valence-electron chi connectivity index (χ1n) is 22.2. The molecule has 0 fully saturated rings. The zero-order valence-electron chi connectivity index (χ0n) is 39.0. The van der Waals surface area contributed by atoms with E-state index in [1.165, 1.54) is 97.1 Å². The fourth-order valence-electron chi connectivity index (χ4n) is 6.94. The summed E-state index contributed by atoms with van der Waals surface area (Å²) in [6.07, 6.45) is 11.5. The van der Waals surface area contributed by atoms with Crippen LogP contribution < -0.4 is 19.5 Å². The standard InChI is InChI=1S/C36H30N4O10S2.2C7H16/c1-23-33(35(41)39(37-23)27-7-15-31(16-8-27)51(43,44)45)21-25-3-11-29(12-4-25)49-19-20-50-30-13-5-26(6-14-30)22-34-24(2)38-40(36(34)42)28-9-17-32(18-10-28)52(46,47)48;2*1-4-7(5-2)6-3/h3-18,21-22H,19-20H2,1-2H3,(H,43,44,45)(H,46,47,48);2*7H,4-6H2,1-3H3/b33-21-,34-22?;;. The van der Waals surface area contributed by atoms with Crippen LogP contribution in [0.5, 0.6) is 11.5 Å². The van der Waals surface area contributed by atoms with E-state index >= 15 is 0 Å². The maximum atomic E-state index is 13.1. The van der Waals surface area contributed by atoms with Crippen LogP contribution in [0.1, 0.15) is 105 Å². The van der Waals surface area contributed by atoms with Gasteiger partial charge in [0.25, 0.3) is 32.1 Å². The molecule has 0 aromatic heterocycles. The first kappa shape index (κ1) is 52.7. The molecule has 2 amide bonds. The minimum absolute atomic E-state index is 0.257. The number of benzene rings is 4. The molecule has 14 nitrogen and oxygen atoms in total. The lowest BCUT2D eigenvalue weighted by molar-refractivity contribution is -0.115. The van der Waals surface area contributed by atoms with E-state index in [1.54, 1.807) is 74.5 Å². The molecule has 0 radical (unpaired) electrons. The molecule has 0 saturated heterocycles. The molecule has 2 aliphatic heterocycles. The van der Waals surface area contributed by atoms with Gasteiger partial charge in [0, 0.05) is 0 Å². The summed E-state index contributed by atoms with van der Waals surface area (Å²) in [4.78, 5) is 25.6. The molecule has 0 spiro atoms. The van der Waals surface area contributed by atoms with Crippen molar-refractivity contribution in [2.75, 3.05) is 23.2 Å². The Bertz CT molecular complexity index is 2400. The van der Waals surface area contributed by atoms with Crippen molar-refractivity contribution in [3.05, 3.63) is 119 Å². The van der Waals surface area contributed by atoms with E-state index in [-0.39, 0.29) is 34.8 Å². The van der Waals surface area contributed by atoms with Crippen LogP contribution in [0.4, 0.5) is 11.4 Å². The summed E-state index contributed by atoms with van der Waals surface area (Å²) in [5, 5.41) is 10.9. The number of carbonyl (C=O) groups excluding carboxylic acids is 2. The highest BCUT2D eigenvalue weighted by Gasteiger charge is 2.30. The number of amides is 2. The number of hydrazone groups is 2. The van der Waals surface area contributed by atoms with Gasteiger partial charge in [0.05, 0.1) is 43.7 Å². The molecule has 0 atom stereocenters. The molecule has 4 aromatic rings. The molecule has 2 aliphatic rings. The molecule has 6 rings (SSSR count). The highest BCUT2D eigenvalue weighted by Crippen LogP contribution is 2.28. The minimum Gasteiger partial charge on any atom is -0.490 e. The minimum atomic E-state index is -4.36. The molecule has 0 aliphatic carbocycles. The van der Waals surface area contributed by atoms with Crippen LogP contribution in [0.3, 0.4) is 0 Å². The van der Waals surface area contributed by atoms with Crippen LogP contribution in [-0.2, 0) is 29.8 Å². The van der Waals surface area contributed by atoms with E-state index in [2.05, 4.69) is 51.7 Å². The van der Waals surface area contributed by atoms with Gasteiger partial charge in [0.2, 0.25) is 0 Å². The Morgan fingerprint density at radius 3 is 1.03 bits per heavy atom. The van der Waals surface area contributed by atoms with Crippen molar-refractivity contribution < 1.29 is 45.0 Å². The molecule has 16 heteroatoms. The fraction of sp³-hybridized carbons (Fsp3) is 0.360. The Hall–Kier alpha value is -5.94. The van der Waals surface area contributed by atoms with Gasteiger partial charge < -0.3 is 9.47 Å². The molecule has 66 heavy (non-hydrogen) atoms.